The fourth-order valence-electron chi connectivity index (χ4n) is 2.16. The van der Waals surface area contributed by atoms with E-state index in [0.29, 0.717) is 18.1 Å². The Morgan fingerprint density at radius 1 is 0.920 bits per heavy atom. The van der Waals surface area contributed by atoms with Crippen molar-refractivity contribution in [3.63, 3.8) is 0 Å². The quantitative estimate of drug-likeness (QED) is 0.461. The van der Waals surface area contributed by atoms with E-state index in [2.05, 4.69) is 0 Å². The number of hydrogen-bond acceptors (Lipinski definition) is 3. The first kappa shape index (κ1) is 17.0. The van der Waals surface area contributed by atoms with Crippen LogP contribution in [0.3, 0.4) is 0 Å². The van der Waals surface area contributed by atoms with Crippen molar-refractivity contribution in [3.05, 3.63) is 94.8 Å². The van der Waals surface area contributed by atoms with Gasteiger partial charge in [0.15, 0.2) is 0 Å². The van der Waals surface area contributed by atoms with Gasteiger partial charge in [0, 0.05) is 5.02 Å². The number of hydrogen-bond donors (Lipinski definition) is 0. The van der Waals surface area contributed by atoms with Crippen molar-refractivity contribution in [3.8, 4) is 11.5 Å². The molecule has 0 heterocycles. The third-order valence-electron chi connectivity index (χ3n) is 3.43. The Hall–Kier alpha value is -2.85. The Kier molecular flexibility index (Phi) is 5.31. The van der Waals surface area contributed by atoms with Gasteiger partial charge in [0.1, 0.15) is 23.9 Å². The second-order valence-corrected chi connectivity index (χ2v) is 5.70. The van der Waals surface area contributed by atoms with Crippen LogP contribution in [0.1, 0.15) is 15.9 Å². The van der Waals surface area contributed by atoms with E-state index in [1.165, 1.54) is 12.1 Å². The van der Waals surface area contributed by atoms with Gasteiger partial charge in [-0.25, -0.2) is 9.18 Å². The fourth-order valence-corrected chi connectivity index (χ4v) is 2.32. The van der Waals surface area contributed by atoms with E-state index >= 15 is 0 Å². The third kappa shape index (κ3) is 4.58. The van der Waals surface area contributed by atoms with Crippen molar-refractivity contribution in [1.29, 1.82) is 0 Å². The van der Waals surface area contributed by atoms with Crippen LogP contribution in [-0.4, -0.2) is 5.97 Å². The molecule has 3 rings (SSSR count). The SMILES string of the molecule is O=C(Oc1ccc(OCc2ccccc2)cc1)c1ccc(Cl)cc1F. The van der Waals surface area contributed by atoms with Crippen molar-refractivity contribution < 1.29 is 18.7 Å². The van der Waals surface area contributed by atoms with Crippen LogP contribution in [-0.2, 0) is 6.61 Å². The standard InChI is InChI=1S/C20H14ClFO3/c21-15-6-11-18(19(22)12-15)20(23)25-17-9-7-16(8-10-17)24-13-14-4-2-1-3-5-14/h1-12H,13H2. The lowest BCUT2D eigenvalue weighted by Crippen LogP contribution is -2.10. The molecule has 0 unspecified atom stereocenters. The second kappa shape index (κ2) is 7.81. The number of carbonyl (C=O) groups is 1. The summed E-state index contributed by atoms with van der Waals surface area (Å²) in [6, 6.07) is 20.1. The lowest BCUT2D eigenvalue weighted by atomic mass is 10.2. The maximum absolute atomic E-state index is 13.7. The summed E-state index contributed by atoms with van der Waals surface area (Å²) < 4.78 is 24.5. The van der Waals surface area contributed by atoms with Crippen LogP contribution in [0.4, 0.5) is 4.39 Å². The van der Waals surface area contributed by atoms with Gasteiger partial charge in [-0.1, -0.05) is 41.9 Å². The number of carbonyl (C=O) groups excluding carboxylic acids is 1. The second-order valence-electron chi connectivity index (χ2n) is 5.26. The molecule has 0 radical (unpaired) electrons. The molecule has 0 atom stereocenters. The number of esters is 1. The van der Waals surface area contributed by atoms with Gasteiger partial charge in [0.2, 0.25) is 0 Å². The molecule has 3 aromatic carbocycles. The summed E-state index contributed by atoms with van der Waals surface area (Å²) in [4.78, 5) is 12.0. The molecule has 0 amide bonds. The van der Waals surface area contributed by atoms with Gasteiger partial charge in [-0.3, -0.25) is 0 Å². The monoisotopic (exact) mass is 356 g/mol. The van der Waals surface area contributed by atoms with Crippen molar-refractivity contribution in [2.24, 2.45) is 0 Å². The van der Waals surface area contributed by atoms with Crippen LogP contribution >= 0.6 is 11.6 Å². The molecule has 126 valence electrons. The van der Waals surface area contributed by atoms with Gasteiger partial charge in [-0.15, -0.1) is 0 Å². The first-order valence-corrected chi connectivity index (χ1v) is 7.93. The molecule has 0 spiro atoms. The highest BCUT2D eigenvalue weighted by molar-refractivity contribution is 6.30. The lowest BCUT2D eigenvalue weighted by molar-refractivity contribution is 0.0729. The van der Waals surface area contributed by atoms with E-state index in [9.17, 15) is 9.18 Å². The van der Waals surface area contributed by atoms with E-state index in [1.807, 2.05) is 30.3 Å². The summed E-state index contributed by atoms with van der Waals surface area (Å²) in [7, 11) is 0. The Morgan fingerprint density at radius 3 is 2.28 bits per heavy atom. The van der Waals surface area contributed by atoms with Crippen molar-refractivity contribution in [2.45, 2.75) is 6.61 Å². The van der Waals surface area contributed by atoms with Crippen LogP contribution in [0, 0.1) is 5.82 Å². The zero-order chi connectivity index (χ0) is 17.6. The van der Waals surface area contributed by atoms with Gasteiger partial charge in [0.05, 0.1) is 5.56 Å². The Morgan fingerprint density at radius 2 is 1.60 bits per heavy atom. The number of ether oxygens (including phenoxy) is 2. The topological polar surface area (TPSA) is 35.5 Å². The summed E-state index contributed by atoms with van der Waals surface area (Å²) >= 11 is 5.67. The summed E-state index contributed by atoms with van der Waals surface area (Å²) in [5.41, 5.74) is 0.880. The molecule has 0 saturated heterocycles. The molecule has 0 fully saturated rings. The van der Waals surface area contributed by atoms with Gasteiger partial charge >= 0.3 is 5.97 Å². The Balaban J connectivity index is 1.61. The average Bonchev–Trinajstić information content (AvgIpc) is 2.62. The summed E-state index contributed by atoms with van der Waals surface area (Å²) in [5.74, 6) is -0.569. The van der Waals surface area contributed by atoms with Crippen molar-refractivity contribution >= 4 is 17.6 Å². The molecule has 25 heavy (non-hydrogen) atoms. The minimum absolute atomic E-state index is 0.172. The lowest BCUT2D eigenvalue weighted by Gasteiger charge is -2.08. The molecule has 0 N–H and O–H groups in total. The van der Waals surface area contributed by atoms with Gasteiger partial charge in [-0.05, 0) is 48.0 Å². The molecule has 0 aliphatic heterocycles. The van der Waals surface area contributed by atoms with E-state index in [4.69, 9.17) is 21.1 Å². The first-order chi connectivity index (χ1) is 12.1. The molecule has 0 aliphatic carbocycles. The maximum Gasteiger partial charge on any atom is 0.346 e. The van der Waals surface area contributed by atoms with E-state index in [0.717, 1.165) is 11.6 Å². The van der Waals surface area contributed by atoms with Gasteiger partial charge in [0.25, 0.3) is 0 Å². The third-order valence-corrected chi connectivity index (χ3v) is 3.67. The zero-order valence-corrected chi connectivity index (χ0v) is 13.9. The van der Waals surface area contributed by atoms with E-state index in [1.54, 1.807) is 24.3 Å². The largest absolute Gasteiger partial charge is 0.489 e. The van der Waals surface area contributed by atoms with Gasteiger partial charge < -0.3 is 9.47 Å². The molecule has 0 aliphatic rings. The minimum Gasteiger partial charge on any atom is -0.489 e. The highest BCUT2D eigenvalue weighted by Gasteiger charge is 2.14. The van der Waals surface area contributed by atoms with Crippen molar-refractivity contribution in [2.75, 3.05) is 0 Å². The molecule has 5 heteroatoms. The fraction of sp³-hybridized carbons (Fsp3) is 0.0500. The van der Waals surface area contributed by atoms with E-state index < -0.39 is 11.8 Å². The van der Waals surface area contributed by atoms with Crippen LogP contribution in [0.2, 0.25) is 5.02 Å². The highest BCUT2D eigenvalue weighted by atomic mass is 35.5. The molecule has 3 aromatic rings. The number of rotatable bonds is 5. The van der Waals surface area contributed by atoms with Crippen LogP contribution < -0.4 is 9.47 Å². The molecule has 3 nitrogen and oxygen atoms in total. The predicted molar refractivity (Wildman–Crippen MR) is 93.6 cm³/mol. The molecular weight excluding hydrogens is 343 g/mol. The summed E-state index contributed by atoms with van der Waals surface area (Å²) in [6.45, 7) is 0.440. The van der Waals surface area contributed by atoms with Gasteiger partial charge in [-0.2, -0.15) is 0 Å². The maximum atomic E-state index is 13.7. The Bertz CT molecular complexity index is 864. The zero-order valence-electron chi connectivity index (χ0n) is 13.1. The molecular formula is C20H14ClFO3. The van der Waals surface area contributed by atoms with Crippen molar-refractivity contribution in [1.82, 2.24) is 0 Å². The summed E-state index contributed by atoms with van der Waals surface area (Å²) in [6.07, 6.45) is 0. The summed E-state index contributed by atoms with van der Waals surface area (Å²) in [5, 5.41) is 0.217. The smallest absolute Gasteiger partial charge is 0.346 e. The predicted octanol–water partition coefficient (Wildman–Crippen LogP) is 5.28. The Labute approximate surface area is 149 Å². The van der Waals surface area contributed by atoms with Crippen LogP contribution in [0.5, 0.6) is 11.5 Å². The molecule has 0 saturated carbocycles. The number of benzene rings is 3. The molecule has 0 aromatic heterocycles. The molecule has 0 bridgehead atoms. The highest BCUT2D eigenvalue weighted by Crippen LogP contribution is 2.21. The van der Waals surface area contributed by atoms with Crippen LogP contribution in [0.25, 0.3) is 0 Å². The minimum atomic E-state index is -0.785. The normalized spacial score (nSPS) is 10.3. The first-order valence-electron chi connectivity index (χ1n) is 7.56. The average molecular weight is 357 g/mol. The van der Waals surface area contributed by atoms with Crippen LogP contribution in [0.15, 0.2) is 72.8 Å². The van der Waals surface area contributed by atoms with E-state index in [-0.39, 0.29) is 10.6 Å². The number of halogens is 2.